The number of methoxy groups -OCH3 is 1. The number of hydrogen-bond donors (Lipinski definition) is 2. The number of ether oxygens (including phenoxy) is 1. The number of aromatic nitrogens is 2. The first-order valence-corrected chi connectivity index (χ1v) is 16.2. The summed E-state index contributed by atoms with van der Waals surface area (Å²) >= 11 is 2.59. The normalized spacial score (nSPS) is 15.2. The second kappa shape index (κ2) is 14.6. The van der Waals surface area contributed by atoms with Crippen LogP contribution in [0, 0.1) is 12.7 Å². The first-order valence-electron chi connectivity index (χ1n) is 14.4. The molecule has 1 aliphatic heterocycles. The Morgan fingerprint density at radius 1 is 0.958 bits per heavy atom. The maximum atomic E-state index is 14.4. The van der Waals surface area contributed by atoms with Crippen LogP contribution in [0.5, 0.6) is 0 Å². The molecule has 6 rings (SSSR count). The Bertz CT molecular complexity index is 2070. The summed E-state index contributed by atoms with van der Waals surface area (Å²) in [6, 6.07) is 23.2. The van der Waals surface area contributed by atoms with Gasteiger partial charge in [0.1, 0.15) is 11.6 Å². The predicted octanol–water partition coefficient (Wildman–Crippen LogP) is 6.93. The number of nitrogens with zero attached hydrogens (tertiary/aromatic N) is 3. The second-order valence-electron chi connectivity index (χ2n) is 10.5. The van der Waals surface area contributed by atoms with Crippen molar-refractivity contribution in [2.75, 3.05) is 12.0 Å². The topological polar surface area (TPSA) is 147 Å². The molecule has 5 aromatic rings. The van der Waals surface area contributed by atoms with Crippen LogP contribution in [0.4, 0.5) is 9.52 Å². The summed E-state index contributed by atoms with van der Waals surface area (Å²) in [6.45, 7) is 2.66. The molecule has 1 atom stereocenters. The van der Waals surface area contributed by atoms with Crippen molar-refractivity contribution in [3.63, 3.8) is 0 Å². The Morgan fingerprint density at radius 2 is 1.62 bits per heavy atom. The van der Waals surface area contributed by atoms with E-state index in [-0.39, 0.29) is 21.8 Å². The monoisotopic (exact) mass is 685 g/mol. The molecule has 0 aliphatic carbocycles. The summed E-state index contributed by atoms with van der Waals surface area (Å²) in [5.74, 6) is -3.75. The molecule has 2 N–H and O–H groups in total. The van der Waals surface area contributed by atoms with Crippen molar-refractivity contribution in [1.29, 1.82) is 0 Å². The van der Waals surface area contributed by atoms with Gasteiger partial charge in [-0.25, -0.2) is 9.18 Å². The maximum absolute atomic E-state index is 14.4. The molecular formula is C35H28FN3O7S2. The number of Topliss-reactive ketones (excluding diaryl/α,β-unsaturated/α-hetero) is 1. The van der Waals surface area contributed by atoms with Gasteiger partial charge in [-0.15, -0.1) is 10.2 Å². The number of esters is 1. The van der Waals surface area contributed by atoms with E-state index in [0.717, 1.165) is 40.7 Å². The van der Waals surface area contributed by atoms with Gasteiger partial charge < -0.3 is 14.9 Å². The number of ketones is 1. The highest BCUT2D eigenvalue weighted by atomic mass is 32.2. The number of halogens is 1. The van der Waals surface area contributed by atoms with Crippen LogP contribution in [0.3, 0.4) is 0 Å². The van der Waals surface area contributed by atoms with Crippen LogP contribution in [0.15, 0.2) is 94.8 Å². The lowest BCUT2D eigenvalue weighted by molar-refractivity contribution is -0.134. The summed E-state index contributed by atoms with van der Waals surface area (Å²) in [5.41, 5.74) is 1.97. The van der Waals surface area contributed by atoms with Gasteiger partial charge in [-0.05, 0) is 52.6 Å². The molecular weight excluding hydrogens is 658 g/mol. The van der Waals surface area contributed by atoms with Crippen molar-refractivity contribution in [3.8, 4) is 0 Å². The number of aryl methyl sites for hydroxylation is 1. The lowest BCUT2D eigenvalue weighted by Gasteiger charge is -2.22. The number of aliphatic carboxylic acids is 1. The number of anilines is 1. The fourth-order valence-corrected chi connectivity index (χ4v) is 6.95. The summed E-state index contributed by atoms with van der Waals surface area (Å²) < 4.78 is 19.8. The van der Waals surface area contributed by atoms with Crippen LogP contribution < -0.4 is 4.90 Å². The number of benzene rings is 4. The number of carbonyl (C=O) groups excluding carboxylic acids is 3. The molecule has 48 heavy (non-hydrogen) atoms. The molecule has 10 nitrogen and oxygen atoms in total. The van der Waals surface area contributed by atoms with E-state index >= 15 is 0 Å². The number of carboxylic acid groups (broad SMARTS) is 1. The fourth-order valence-electron chi connectivity index (χ4n) is 5.08. The van der Waals surface area contributed by atoms with Gasteiger partial charge in [-0.2, -0.15) is 0 Å². The van der Waals surface area contributed by atoms with Gasteiger partial charge in [0, 0.05) is 18.2 Å². The quantitative estimate of drug-likeness (QED) is 0.0461. The van der Waals surface area contributed by atoms with Crippen molar-refractivity contribution < 1.29 is 38.5 Å². The summed E-state index contributed by atoms with van der Waals surface area (Å²) in [6.07, 6.45) is 0. The second-order valence-corrected chi connectivity index (χ2v) is 12.7. The zero-order chi connectivity index (χ0) is 34.5. The van der Waals surface area contributed by atoms with Crippen molar-refractivity contribution in [3.05, 3.63) is 124 Å². The molecule has 1 unspecified atom stereocenters. The van der Waals surface area contributed by atoms with E-state index < -0.39 is 41.2 Å². The Labute approximate surface area is 282 Å². The number of fused-ring (bicyclic) bond motifs is 1. The van der Waals surface area contributed by atoms with E-state index in [1.165, 1.54) is 48.0 Å². The highest BCUT2D eigenvalue weighted by molar-refractivity contribution is 8.00. The number of carbonyl (C=O) groups is 4. The van der Waals surface area contributed by atoms with E-state index in [0.29, 0.717) is 21.2 Å². The van der Waals surface area contributed by atoms with Crippen LogP contribution in [-0.4, -0.2) is 51.1 Å². The number of carboxylic acids is 1. The van der Waals surface area contributed by atoms with E-state index in [1.807, 2.05) is 36.4 Å². The van der Waals surface area contributed by atoms with E-state index in [1.54, 1.807) is 19.1 Å². The molecule has 0 radical (unpaired) electrons. The third-order valence-corrected chi connectivity index (χ3v) is 9.47. The van der Waals surface area contributed by atoms with Crippen molar-refractivity contribution in [2.24, 2.45) is 0 Å². The third kappa shape index (κ3) is 7.11. The Morgan fingerprint density at radius 3 is 2.31 bits per heavy atom. The Hall–Kier alpha value is -5.40. The zero-order valence-electron chi connectivity index (χ0n) is 25.8. The molecule has 1 aromatic heterocycles. The van der Waals surface area contributed by atoms with Gasteiger partial charge in [0.15, 0.2) is 4.34 Å². The number of amides is 1. The molecule has 1 saturated heterocycles. The average Bonchev–Trinajstić information content (AvgIpc) is 3.65. The number of aliphatic hydroxyl groups excluding tert-OH is 1. The van der Waals surface area contributed by atoms with Gasteiger partial charge in [0.25, 0.3) is 11.8 Å². The molecule has 4 aromatic carbocycles. The Kier molecular flexibility index (Phi) is 10.3. The van der Waals surface area contributed by atoms with Crippen molar-refractivity contribution in [2.45, 2.75) is 30.0 Å². The number of thioether (sulfide) groups is 1. The maximum Gasteiger partial charge on any atom is 0.337 e. The average molecular weight is 686 g/mol. The van der Waals surface area contributed by atoms with Gasteiger partial charge in [-0.3, -0.25) is 19.3 Å². The summed E-state index contributed by atoms with van der Waals surface area (Å²) in [7, 11) is 1.26. The van der Waals surface area contributed by atoms with Gasteiger partial charge in [-0.1, -0.05) is 89.8 Å². The highest BCUT2D eigenvalue weighted by Crippen LogP contribution is 2.44. The van der Waals surface area contributed by atoms with Gasteiger partial charge in [0.2, 0.25) is 5.13 Å². The molecule has 0 spiro atoms. The molecule has 2 heterocycles. The van der Waals surface area contributed by atoms with Crippen molar-refractivity contribution >= 4 is 68.4 Å². The van der Waals surface area contributed by atoms with E-state index in [4.69, 9.17) is 14.6 Å². The highest BCUT2D eigenvalue weighted by Gasteiger charge is 2.48. The number of rotatable bonds is 7. The standard InChI is InChI=1S/C33H24FN3O5S2.C2H4O2/c1-18-10-11-22(16-25(18)34)28(38)26-27(20-12-14-21(15-13-20)31(41)42-2)37(30(40)29(26)39)32-35-36-33(44-32)43-17-23-8-5-7-19-6-3-4-9-24(19)23;1-2(3)4/h3-16,27,38H,17H2,1-2H3;1H3,(H,3,4)/b28-26+;. The van der Waals surface area contributed by atoms with Crippen molar-refractivity contribution in [1.82, 2.24) is 10.2 Å². The van der Waals surface area contributed by atoms with E-state index in [9.17, 15) is 23.9 Å². The Balaban J connectivity index is 0.00000107. The van der Waals surface area contributed by atoms with Crippen LogP contribution in [-0.2, 0) is 24.9 Å². The van der Waals surface area contributed by atoms with Crippen LogP contribution >= 0.6 is 23.1 Å². The first-order chi connectivity index (χ1) is 23.0. The summed E-state index contributed by atoms with van der Waals surface area (Å²) in [5, 5.41) is 29.7. The minimum Gasteiger partial charge on any atom is -0.507 e. The largest absolute Gasteiger partial charge is 0.507 e. The molecule has 244 valence electrons. The summed E-state index contributed by atoms with van der Waals surface area (Å²) in [4.78, 5) is 49.2. The number of hydrogen-bond acceptors (Lipinski definition) is 10. The van der Waals surface area contributed by atoms with E-state index in [2.05, 4.69) is 16.3 Å². The lowest BCUT2D eigenvalue weighted by Crippen LogP contribution is -2.29. The minimum absolute atomic E-state index is 0.0471. The predicted molar refractivity (Wildman–Crippen MR) is 180 cm³/mol. The molecule has 1 amide bonds. The molecule has 0 saturated carbocycles. The third-order valence-electron chi connectivity index (χ3n) is 7.37. The SMILES string of the molecule is CC(=O)O.COC(=O)c1ccc(C2/C(=C(\O)c3ccc(C)c(F)c3)C(=O)C(=O)N2c2nnc(SCc3cccc4ccccc34)s2)cc1. The van der Waals surface area contributed by atoms with Gasteiger partial charge >= 0.3 is 11.9 Å². The molecule has 0 bridgehead atoms. The molecule has 13 heteroatoms. The smallest absolute Gasteiger partial charge is 0.337 e. The van der Waals surface area contributed by atoms with Crippen LogP contribution in [0.1, 0.15) is 45.6 Å². The van der Waals surface area contributed by atoms with Crippen LogP contribution in [0.2, 0.25) is 0 Å². The fraction of sp³-hybridized carbons (Fsp3) is 0.143. The first kappa shape index (κ1) is 33.9. The number of aliphatic hydroxyl groups is 1. The molecule has 1 fully saturated rings. The minimum atomic E-state index is -1.12. The lowest BCUT2D eigenvalue weighted by atomic mass is 9.94. The molecule has 1 aliphatic rings. The zero-order valence-corrected chi connectivity index (χ0v) is 27.5. The van der Waals surface area contributed by atoms with Crippen LogP contribution in [0.25, 0.3) is 16.5 Å². The van der Waals surface area contributed by atoms with Gasteiger partial charge in [0.05, 0.1) is 24.3 Å².